The van der Waals surface area contributed by atoms with Gasteiger partial charge >= 0.3 is 5.97 Å². The molecule has 0 aliphatic heterocycles. The van der Waals surface area contributed by atoms with Crippen molar-refractivity contribution in [2.75, 3.05) is 0 Å². The lowest BCUT2D eigenvalue weighted by molar-refractivity contribution is -0.136. The molecule has 6 heteroatoms. The van der Waals surface area contributed by atoms with E-state index in [-0.39, 0.29) is 5.89 Å². The van der Waals surface area contributed by atoms with E-state index >= 15 is 0 Å². The molecule has 0 amide bonds. The SMILES string of the molecule is O=C(O)C(S)c1nc(-c2ccccc2)c(-c2cccc(Br)c2)o1. The van der Waals surface area contributed by atoms with Crippen LogP contribution in [0.15, 0.2) is 63.5 Å². The topological polar surface area (TPSA) is 63.3 Å². The molecule has 0 bridgehead atoms. The molecular formula is C17H12BrNO3S. The third kappa shape index (κ3) is 3.33. The van der Waals surface area contributed by atoms with Crippen molar-refractivity contribution < 1.29 is 14.3 Å². The van der Waals surface area contributed by atoms with Crippen LogP contribution < -0.4 is 0 Å². The van der Waals surface area contributed by atoms with Crippen molar-refractivity contribution in [1.29, 1.82) is 0 Å². The predicted octanol–water partition coefficient (Wildman–Crippen LogP) is 4.83. The molecule has 0 saturated carbocycles. The molecule has 116 valence electrons. The lowest BCUT2D eigenvalue weighted by Crippen LogP contribution is -2.05. The summed E-state index contributed by atoms with van der Waals surface area (Å²) in [7, 11) is 0. The highest BCUT2D eigenvalue weighted by Crippen LogP contribution is 2.36. The van der Waals surface area contributed by atoms with Gasteiger partial charge in [0.1, 0.15) is 5.69 Å². The summed E-state index contributed by atoms with van der Waals surface area (Å²) in [6.07, 6.45) is 0. The van der Waals surface area contributed by atoms with E-state index in [4.69, 9.17) is 9.52 Å². The lowest BCUT2D eigenvalue weighted by atomic mass is 10.1. The van der Waals surface area contributed by atoms with E-state index in [0.29, 0.717) is 11.5 Å². The van der Waals surface area contributed by atoms with E-state index in [2.05, 4.69) is 33.5 Å². The molecule has 3 aromatic rings. The van der Waals surface area contributed by atoms with E-state index in [1.54, 1.807) is 0 Å². The number of carbonyl (C=O) groups is 1. The lowest BCUT2D eigenvalue weighted by Gasteiger charge is -2.02. The van der Waals surface area contributed by atoms with E-state index in [1.165, 1.54) is 0 Å². The molecule has 1 heterocycles. The molecule has 0 spiro atoms. The van der Waals surface area contributed by atoms with Crippen molar-refractivity contribution in [3.05, 3.63) is 65.0 Å². The second-order valence-corrected chi connectivity index (χ2v) is 6.28. The Morgan fingerprint density at radius 3 is 2.48 bits per heavy atom. The fourth-order valence-corrected chi connectivity index (χ4v) is 2.69. The summed E-state index contributed by atoms with van der Waals surface area (Å²) in [5.74, 6) is -0.516. The highest BCUT2D eigenvalue weighted by atomic mass is 79.9. The first-order chi connectivity index (χ1) is 11.1. The number of halogens is 1. The molecule has 0 radical (unpaired) electrons. The number of hydrogen-bond acceptors (Lipinski definition) is 4. The largest absolute Gasteiger partial charge is 0.480 e. The van der Waals surface area contributed by atoms with Gasteiger partial charge in [-0.15, -0.1) is 0 Å². The number of rotatable bonds is 4. The first-order valence-corrected chi connectivity index (χ1v) is 8.10. The molecule has 1 atom stereocenters. The van der Waals surface area contributed by atoms with Crippen molar-refractivity contribution >= 4 is 34.5 Å². The summed E-state index contributed by atoms with van der Waals surface area (Å²) in [4.78, 5) is 15.5. The molecule has 1 unspecified atom stereocenters. The Kier molecular flexibility index (Phi) is 4.54. The van der Waals surface area contributed by atoms with Gasteiger partial charge in [0.15, 0.2) is 11.0 Å². The van der Waals surface area contributed by atoms with Crippen molar-refractivity contribution in [1.82, 2.24) is 4.98 Å². The van der Waals surface area contributed by atoms with Crippen LogP contribution in [0, 0.1) is 0 Å². The van der Waals surface area contributed by atoms with Crippen LogP contribution in [0.2, 0.25) is 0 Å². The number of carboxylic acid groups (broad SMARTS) is 1. The van der Waals surface area contributed by atoms with Crippen molar-refractivity contribution in [2.24, 2.45) is 0 Å². The molecule has 0 aliphatic carbocycles. The number of benzene rings is 2. The Balaban J connectivity index is 2.18. The zero-order valence-corrected chi connectivity index (χ0v) is 14.3. The quantitative estimate of drug-likeness (QED) is 0.627. The van der Waals surface area contributed by atoms with Crippen LogP contribution >= 0.6 is 28.6 Å². The number of thiol groups is 1. The maximum absolute atomic E-state index is 11.2. The van der Waals surface area contributed by atoms with Crippen molar-refractivity contribution in [3.63, 3.8) is 0 Å². The van der Waals surface area contributed by atoms with Gasteiger partial charge in [-0.05, 0) is 12.1 Å². The Bertz CT molecular complexity index is 848. The molecule has 1 N–H and O–H groups in total. The number of carboxylic acids is 1. The zero-order valence-electron chi connectivity index (χ0n) is 11.8. The van der Waals surface area contributed by atoms with Gasteiger partial charge in [0.25, 0.3) is 0 Å². The van der Waals surface area contributed by atoms with Crippen molar-refractivity contribution in [3.8, 4) is 22.6 Å². The number of oxazole rings is 1. The third-order valence-corrected chi connectivity index (χ3v) is 4.18. The van der Waals surface area contributed by atoms with E-state index in [1.807, 2.05) is 54.6 Å². The summed E-state index contributed by atoms with van der Waals surface area (Å²) >= 11 is 7.48. The van der Waals surface area contributed by atoms with Gasteiger partial charge in [-0.1, -0.05) is 58.4 Å². The van der Waals surface area contributed by atoms with Gasteiger partial charge in [-0.3, -0.25) is 4.79 Å². The molecule has 1 aromatic heterocycles. The highest BCUT2D eigenvalue weighted by Gasteiger charge is 2.25. The molecule has 4 nitrogen and oxygen atoms in total. The second-order valence-electron chi connectivity index (χ2n) is 4.85. The number of aromatic nitrogens is 1. The second kappa shape index (κ2) is 6.60. The number of hydrogen-bond donors (Lipinski definition) is 2. The number of aliphatic carboxylic acids is 1. The van der Waals surface area contributed by atoms with Gasteiger partial charge in [0.05, 0.1) is 0 Å². The van der Waals surface area contributed by atoms with Crippen LogP contribution in [0.3, 0.4) is 0 Å². The van der Waals surface area contributed by atoms with Gasteiger partial charge in [-0.2, -0.15) is 12.6 Å². The van der Waals surface area contributed by atoms with Crippen LogP contribution in [0.1, 0.15) is 11.1 Å². The van der Waals surface area contributed by atoms with E-state index in [9.17, 15) is 4.79 Å². The minimum Gasteiger partial charge on any atom is -0.480 e. The summed E-state index contributed by atoms with van der Waals surface area (Å²) in [5.41, 5.74) is 2.25. The first-order valence-electron chi connectivity index (χ1n) is 6.79. The number of nitrogens with zero attached hydrogens (tertiary/aromatic N) is 1. The van der Waals surface area contributed by atoms with Crippen LogP contribution in [-0.4, -0.2) is 16.1 Å². The molecule has 0 saturated heterocycles. The Morgan fingerprint density at radius 1 is 1.13 bits per heavy atom. The summed E-state index contributed by atoms with van der Waals surface area (Å²) in [6.45, 7) is 0. The predicted molar refractivity (Wildman–Crippen MR) is 94.4 cm³/mol. The van der Waals surface area contributed by atoms with E-state index < -0.39 is 11.2 Å². The molecule has 0 aliphatic rings. The van der Waals surface area contributed by atoms with Gasteiger partial charge in [0.2, 0.25) is 5.89 Å². The minimum absolute atomic E-state index is 0.0645. The smallest absolute Gasteiger partial charge is 0.325 e. The summed E-state index contributed by atoms with van der Waals surface area (Å²) < 4.78 is 6.64. The highest BCUT2D eigenvalue weighted by molar-refractivity contribution is 9.10. The van der Waals surface area contributed by atoms with Crippen LogP contribution in [0.5, 0.6) is 0 Å². The fourth-order valence-electron chi connectivity index (χ4n) is 2.18. The summed E-state index contributed by atoms with van der Waals surface area (Å²) in [6, 6.07) is 17.1. The van der Waals surface area contributed by atoms with Crippen molar-refractivity contribution in [2.45, 2.75) is 5.25 Å². The first kappa shape index (κ1) is 15.8. The van der Waals surface area contributed by atoms with Gasteiger partial charge in [0, 0.05) is 15.6 Å². The zero-order chi connectivity index (χ0) is 16.4. The van der Waals surface area contributed by atoms with Crippen LogP contribution in [0.4, 0.5) is 0 Å². The Labute approximate surface area is 146 Å². The molecule has 2 aromatic carbocycles. The maximum Gasteiger partial charge on any atom is 0.325 e. The Hall–Kier alpha value is -2.05. The van der Waals surface area contributed by atoms with Crippen LogP contribution in [-0.2, 0) is 4.79 Å². The minimum atomic E-state index is -1.11. The molecule has 0 fully saturated rings. The molecule has 23 heavy (non-hydrogen) atoms. The average molecular weight is 390 g/mol. The van der Waals surface area contributed by atoms with Gasteiger partial charge in [-0.25, -0.2) is 4.98 Å². The fraction of sp³-hybridized carbons (Fsp3) is 0.0588. The Morgan fingerprint density at radius 2 is 1.83 bits per heavy atom. The van der Waals surface area contributed by atoms with Gasteiger partial charge < -0.3 is 9.52 Å². The molecular weight excluding hydrogens is 378 g/mol. The maximum atomic E-state index is 11.2. The third-order valence-electron chi connectivity index (χ3n) is 3.25. The average Bonchev–Trinajstić information content (AvgIpc) is 3.00. The van der Waals surface area contributed by atoms with E-state index in [0.717, 1.165) is 15.6 Å². The normalized spacial score (nSPS) is 12.1. The standard InChI is InChI=1S/C17H12BrNO3S/c18-12-8-4-7-11(9-12)14-13(10-5-2-1-3-6-10)19-16(22-14)15(23)17(20)21/h1-9,15,23H,(H,20,21). The summed E-state index contributed by atoms with van der Waals surface area (Å²) in [5, 5.41) is 8.02. The monoisotopic (exact) mass is 389 g/mol. The molecule has 3 rings (SSSR count). The van der Waals surface area contributed by atoms with Crippen LogP contribution in [0.25, 0.3) is 22.6 Å².